The van der Waals surface area contributed by atoms with Gasteiger partial charge in [-0.25, -0.2) is 4.98 Å². The molecule has 2 N–H and O–H groups in total. The lowest BCUT2D eigenvalue weighted by Gasteiger charge is -1.98. The molecular formula is C8H9BrN4O. The molecule has 0 fully saturated rings. The standard InChI is InChI=1S/C8H9BrN4O/c9-7-2-1-6(14-7)3-10-4-8-11-5-12-13-8/h1-2,5,10H,3-4H2,(H,11,12,13). The number of aromatic nitrogens is 3. The zero-order valence-electron chi connectivity index (χ0n) is 7.33. The third-order valence-electron chi connectivity index (χ3n) is 1.69. The van der Waals surface area contributed by atoms with E-state index in [1.807, 2.05) is 12.1 Å². The van der Waals surface area contributed by atoms with Gasteiger partial charge in [-0.3, -0.25) is 5.10 Å². The molecule has 0 aromatic carbocycles. The highest BCUT2D eigenvalue weighted by Crippen LogP contribution is 2.13. The van der Waals surface area contributed by atoms with E-state index in [1.165, 1.54) is 6.33 Å². The minimum Gasteiger partial charge on any atom is -0.453 e. The maximum absolute atomic E-state index is 5.31. The molecule has 0 unspecified atom stereocenters. The van der Waals surface area contributed by atoms with Crippen molar-refractivity contribution in [3.05, 3.63) is 34.7 Å². The Bertz CT molecular complexity index is 384. The number of H-pyrrole nitrogens is 1. The molecule has 74 valence electrons. The van der Waals surface area contributed by atoms with Gasteiger partial charge in [-0.15, -0.1) is 0 Å². The van der Waals surface area contributed by atoms with Crippen molar-refractivity contribution in [2.24, 2.45) is 0 Å². The monoisotopic (exact) mass is 256 g/mol. The first-order chi connectivity index (χ1) is 6.84. The molecule has 0 aliphatic carbocycles. The lowest BCUT2D eigenvalue weighted by atomic mass is 10.4. The average molecular weight is 257 g/mol. The van der Waals surface area contributed by atoms with Gasteiger partial charge in [0.15, 0.2) is 4.67 Å². The minimum atomic E-state index is 0.651. The quantitative estimate of drug-likeness (QED) is 0.869. The van der Waals surface area contributed by atoms with Crippen LogP contribution in [-0.2, 0) is 13.1 Å². The van der Waals surface area contributed by atoms with Gasteiger partial charge in [-0.05, 0) is 28.1 Å². The first kappa shape index (κ1) is 9.42. The van der Waals surface area contributed by atoms with Crippen LogP contribution in [0.3, 0.4) is 0 Å². The first-order valence-corrected chi connectivity index (χ1v) is 4.93. The summed E-state index contributed by atoms with van der Waals surface area (Å²) in [6, 6.07) is 3.78. The molecule has 2 rings (SSSR count). The molecule has 0 aliphatic heterocycles. The molecule has 2 aromatic rings. The summed E-state index contributed by atoms with van der Waals surface area (Å²) in [5.41, 5.74) is 0. The topological polar surface area (TPSA) is 66.7 Å². The van der Waals surface area contributed by atoms with Crippen LogP contribution in [0.1, 0.15) is 11.6 Å². The fourth-order valence-electron chi connectivity index (χ4n) is 1.07. The highest BCUT2D eigenvalue weighted by molar-refractivity contribution is 9.10. The second-order valence-corrected chi connectivity index (χ2v) is 3.52. The van der Waals surface area contributed by atoms with Gasteiger partial charge >= 0.3 is 0 Å². The smallest absolute Gasteiger partial charge is 0.169 e. The van der Waals surface area contributed by atoms with Gasteiger partial charge in [-0.1, -0.05) is 0 Å². The Balaban J connectivity index is 1.78. The lowest BCUT2D eigenvalue weighted by Crippen LogP contribution is -2.13. The van der Waals surface area contributed by atoms with Gasteiger partial charge in [0, 0.05) is 0 Å². The van der Waals surface area contributed by atoms with E-state index in [-0.39, 0.29) is 0 Å². The Labute approximate surface area is 89.0 Å². The number of aromatic amines is 1. The Kier molecular flexibility index (Phi) is 2.95. The van der Waals surface area contributed by atoms with Gasteiger partial charge in [0.05, 0.1) is 13.1 Å². The highest BCUT2D eigenvalue weighted by Gasteiger charge is 1.99. The van der Waals surface area contributed by atoms with Crippen molar-refractivity contribution in [3.8, 4) is 0 Å². The molecule has 2 heterocycles. The maximum atomic E-state index is 5.31. The maximum Gasteiger partial charge on any atom is 0.169 e. The van der Waals surface area contributed by atoms with Gasteiger partial charge in [-0.2, -0.15) is 5.10 Å². The van der Waals surface area contributed by atoms with Crippen molar-refractivity contribution in [2.45, 2.75) is 13.1 Å². The Morgan fingerprint density at radius 1 is 1.43 bits per heavy atom. The van der Waals surface area contributed by atoms with E-state index >= 15 is 0 Å². The molecule has 14 heavy (non-hydrogen) atoms. The van der Waals surface area contributed by atoms with Gasteiger partial charge < -0.3 is 9.73 Å². The number of hydrogen-bond acceptors (Lipinski definition) is 4. The van der Waals surface area contributed by atoms with Gasteiger partial charge in [0.25, 0.3) is 0 Å². The highest BCUT2D eigenvalue weighted by atomic mass is 79.9. The molecule has 0 amide bonds. The molecule has 5 nitrogen and oxygen atoms in total. The molecule has 0 radical (unpaired) electrons. The number of halogens is 1. The molecule has 0 saturated heterocycles. The Morgan fingerprint density at radius 2 is 2.36 bits per heavy atom. The number of nitrogens with one attached hydrogen (secondary N) is 2. The summed E-state index contributed by atoms with van der Waals surface area (Å²) in [4.78, 5) is 3.98. The van der Waals surface area contributed by atoms with Crippen LogP contribution in [0.15, 0.2) is 27.5 Å². The van der Waals surface area contributed by atoms with E-state index < -0.39 is 0 Å². The largest absolute Gasteiger partial charge is 0.453 e. The van der Waals surface area contributed by atoms with Gasteiger partial charge in [0.2, 0.25) is 0 Å². The van der Waals surface area contributed by atoms with Crippen molar-refractivity contribution in [2.75, 3.05) is 0 Å². The molecule has 0 atom stereocenters. The predicted molar refractivity (Wildman–Crippen MR) is 53.3 cm³/mol. The molecule has 0 spiro atoms. The second kappa shape index (κ2) is 4.39. The Hall–Kier alpha value is -1.14. The minimum absolute atomic E-state index is 0.651. The third kappa shape index (κ3) is 2.43. The van der Waals surface area contributed by atoms with Crippen LogP contribution in [0.4, 0.5) is 0 Å². The van der Waals surface area contributed by atoms with Crippen molar-refractivity contribution in [1.82, 2.24) is 20.5 Å². The summed E-state index contributed by atoms with van der Waals surface area (Å²) in [6.45, 7) is 1.32. The summed E-state index contributed by atoms with van der Waals surface area (Å²) in [5.74, 6) is 1.70. The summed E-state index contributed by atoms with van der Waals surface area (Å²) in [7, 11) is 0. The van der Waals surface area contributed by atoms with E-state index in [1.54, 1.807) is 0 Å². The summed E-state index contributed by atoms with van der Waals surface area (Å²) in [6.07, 6.45) is 1.49. The number of hydrogen-bond donors (Lipinski definition) is 2. The molecule has 6 heteroatoms. The normalized spacial score (nSPS) is 10.6. The summed E-state index contributed by atoms with van der Waals surface area (Å²) < 4.78 is 6.06. The fraction of sp³-hybridized carbons (Fsp3) is 0.250. The number of nitrogens with zero attached hydrogens (tertiary/aromatic N) is 2. The molecular weight excluding hydrogens is 248 g/mol. The predicted octanol–water partition coefficient (Wildman–Crippen LogP) is 1.45. The number of furan rings is 1. The SMILES string of the molecule is Brc1ccc(CNCc2ncn[nH]2)o1. The summed E-state index contributed by atoms with van der Waals surface area (Å²) >= 11 is 3.24. The summed E-state index contributed by atoms with van der Waals surface area (Å²) in [5, 5.41) is 9.68. The van der Waals surface area contributed by atoms with Crippen molar-refractivity contribution in [3.63, 3.8) is 0 Å². The second-order valence-electron chi connectivity index (χ2n) is 2.74. The zero-order valence-corrected chi connectivity index (χ0v) is 8.91. The molecule has 2 aromatic heterocycles. The van der Waals surface area contributed by atoms with E-state index in [0.29, 0.717) is 13.1 Å². The first-order valence-electron chi connectivity index (χ1n) is 4.14. The molecule has 0 saturated carbocycles. The van der Waals surface area contributed by atoms with E-state index in [4.69, 9.17) is 4.42 Å². The van der Waals surface area contributed by atoms with Crippen LogP contribution in [0.25, 0.3) is 0 Å². The van der Waals surface area contributed by atoms with Crippen molar-refractivity contribution < 1.29 is 4.42 Å². The van der Waals surface area contributed by atoms with Crippen LogP contribution < -0.4 is 5.32 Å². The van der Waals surface area contributed by atoms with Crippen molar-refractivity contribution in [1.29, 1.82) is 0 Å². The lowest BCUT2D eigenvalue weighted by molar-refractivity contribution is 0.463. The zero-order chi connectivity index (χ0) is 9.80. The van der Waals surface area contributed by atoms with E-state index in [0.717, 1.165) is 16.3 Å². The average Bonchev–Trinajstić information content (AvgIpc) is 2.77. The molecule has 0 aliphatic rings. The number of rotatable bonds is 4. The fourth-order valence-corrected chi connectivity index (χ4v) is 1.41. The van der Waals surface area contributed by atoms with Crippen LogP contribution in [0.5, 0.6) is 0 Å². The van der Waals surface area contributed by atoms with Crippen LogP contribution in [0.2, 0.25) is 0 Å². The molecule has 0 bridgehead atoms. The van der Waals surface area contributed by atoms with Crippen LogP contribution >= 0.6 is 15.9 Å². The van der Waals surface area contributed by atoms with E-state index in [2.05, 4.69) is 36.4 Å². The van der Waals surface area contributed by atoms with Crippen LogP contribution in [0, 0.1) is 0 Å². The third-order valence-corrected chi connectivity index (χ3v) is 2.11. The Morgan fingerprint density at radius 3 is 3.00 bits per heavy atom. The van der Waals surface area contributed by atoms with Crippen LogP contribution in [-0.4, -0.2) is 15.2 Å². The van der Waals surface area contributed by atoms with Gasteiger partial charge in [0.1, 0.15) is 17.9 Å². The van der Waals surface area contributed by atoms with E-state index in [9.17, 15) is 0 Å². The van der Waals surface area contributed by atoms with Crippen molar-refractivity contribution >= 4 is 15.9 Å².